The molecule has 0 bridgehead atoms. The highest BCUT2D eigenvalue weighted by molar-refractivity contribution is 5.37. The van der Waals surface area contributed by atoms with Crippen LogP contribution in [0, 0.1) is 12.3 Å². The zero-order chi connectivity index (χ0) is 10.9. The molecule has 2 heteroatoms. The van der Waals surface area contributed by atoms with Gasteiger partial charge in [0.05, 0.1) is 7.11 Å². The van der Waals surface area contributed by atoms with Crippen LogP contribution in [0.25, 0.3) is 0 Å². The Kier molecular flexibility index (Phi) is 2.70. The third-order valence-electron chi connectivity index (χ3n) is 3.44. The average molecular weight is 205 g/mol. The SMILES string of the molecule is COc1cc(CC2(CN)CC2)ccc1C. The molecule has 0 atom stereocenters. The van der Waals surface area contributed by atoms with Crippen LogP contribution >= 0.6 is 0 Å². The minimum atomic E-state index is 0.403. The summed E-state index contributed by atoms with van der Waals surface area (Å²) in [5, 5.41) is 0. The van der Waals surface area contributed by atoms with Crippen LogP contribution in [0.4, 0.5) is 0 Å². The molecule has 0 radical (unpaired) electrons. The van der Waals surface area contributed by atoms with Crippen LogP contribution in [0.3, 0.4) is 0 Å². The Labute approximate surface area is 91.4 Å². The van der Waals surface area contributed by atoms with Crippen molar-refractivity contribution >= 4 is 0 Å². The van der Waals surface area contributed by atoms with Crippen LogP contribution in [-0.2, 0) is 6.42 Å². The molecule has 1 aliphatic rings. The second kappa shape index (κ2) is 3.86. The molecule has 0 aromatic heterocycles. The number of ether oxygens (including phenoxy) is 1. The molecule has 1 aliphatic carbocycles. The Morgan fingerprint density at radius 3 is 2.67 bits per heavy atom. The third kappa shape index (κ3) is 2.15. The fourth-order valence-corrected chi connectivity index (χ4v) is 2.04. The van der Waals surface area contributed by atoms with Gasteiger partial charge in [-0.2, -0.15) is 0 Å². The van der Waals surface area contributed by atoms with E-state index in [1.54, 1.807) is 7.11 Å². The maximum Gasteiger partial charge on any atom is 0.122 e. The summed E-state index contributed by atoms with van der Waals surface area (Å²) in [7, 11) is 1.72. The lowest BCUT2D eigenvalue weighted by Crippen LogP contribution is -2.17. The summed E-state index contributed by atoms with van der Waals surface area (Å²) >= 11 is 0. The van der Waals surface area contributed by atoms with E-state index in [0.717, 1.165) is 18.7 Å². The number of nitrogens with two attached hydrogens (primary N) is 1. The summed E-state index contributed by atoms with van der Waals surface area (Å²) in [5.74, 6) is 0.986. The standard InChI is InChI=1S/C13H19NO/c1-10-3-4-11(7-12(10)15-2)8-13(9-14)5-6-13/h3-4,7H,5-6,8-9,14H2,1-2H3. The van der Waals surface area contributed by atoms with E-state index in [-0.39, 0.29) is 0 Å². The summed E-state index contributed by atoms with van der Waals surface area (Å²) in [5.41, 5.74) is 8.73. The lowest BCUT2D eigenvalue weighted by molar-refractivity contribution is 0.410. The van der Waals surface area contributed by atoms with Crippen molar-refractivity contribution in [2.75, 3.05) is 13.7 Å². The third-order valence-corrected chi connectivity index (χ3v) is 3.44. The van der Waals surface area contributed by atoms with Gasteiger partial charge < -0.3 is 10.5 Å². The van der Waals surface area contributed by atoms with Gasteiger partial charge in [0.15, 0.2) is 0 Å². The van der Waals surface area contributed by atoms with Gasteiger partial charge in [-0.1, -0.05) is 12.1 Å². The van der Waals surface area contributed by atoms with Crippen molar-refractivity contribution in [3.63, 3.8) is 0 Å². The number of hydrogen-bond acceptors (Lipinski definition) is 2. The minimum absolute atomic E-state index is 0.403. The van der Waals surface area contributed by atoms with Crippen molar-refractivity contribution in [2.45, 2.75) is 26.2 Å². The van der Waals surface area contributed by atoms with E-state index in [9.17, 15) is 0 Å². The van der Waals surface area contributed by atoms with Gasteiger partial charge in [-0.15, -0.1) is 0 Å². The topological polar surface area (TPSA) is 35.2 Å². The van der Waals surface area contributed by atoms with Gasteiger partial charge in [0, 0.05) is 0 Å². The molecule has 1 aromatic carbocycles. The Morgan fingerprint density at radius 1 is 1.40 bits per heavy atom. The number of methoxy groups -OCH3 is 1. The Hall–Kier alpha value is -1.02. The largest absolute Gasteiger partial charge is 0.496 e. The van der Waals surface area contributed by atoms with E-state index in [2.05, 4.69) is 25.1 Å². The monoisotopic (exact) mass is 205 g/mol. The number of benzene rings is 1. The second-order valence-electron chi connectivity index (χ2n) is 4.68. The van der Waals surface area contributed by atoms with E-state index in [1.807, 2.05) is 0 Å². The quantitative estimate of drug-likeness (QED) is 0.818. The van der Waals surface area contributed by atoms with Gasteiger partial charge in [-0.25, -0.2) is 0 Å². The lowest BCUT2D eigenvalue weighted by atomic mass is 9.96. The first kappa shape index (κ1) is 10.5. The summed E-state index contributed by atoms with van der Waals surface area (Å²) in [4.78, 5) is 0. The summed E-state index contributed by atoms with van der Waals surface area (Å²) in [6.45, 7) is 2.88. The van der Waals surface area contributed by atoms with Gasteiger partial charge in [0.25, 0.3) is 0 Å². The highest BCUT2D eigenvalue weighted by Crippen LogP contribution is 2.47. The summed E-state index contributed by atoms with van der Waals surface area (Å²) < 4.78 is 5.32. The van der Waals surface area contributed by atoms with Crippen molar-refractivity contribution in [1.29, 1.82) is 0 Å². The van der Waals surface area contributed by atoms with Gasteiger partial charge in [0.2, 0.25) is 0 Å². The van der Waals surface area contributed by atoms with E-state index < -0.39 is 0 Å². The maximum atomic E-state index is 5.79. The number of rotatable bonds is 4. The van der Waals surface area contributed by atoms with Crippen molar-refractivity contribution in [2.24, 2.45) is 11.1 Å². The van der Waals surface area contributed by atoms with Crippen LogP contribution in [0.1, 0.15) is 24.0 Å². The molecule has 82 valence electrons. The van der Waals surface area contributed by atoms with E-state index >= 15 is 0 Å². The number of hydrogen-bond donors (Lipinski definition) is 1. The van der Waals surface area contributed by atoms with Crippen LogP contribution < -0.4 is 10.5 Å². The van der Waals surface area contributed by atoms with Gasteiger partial charge in [0.1, 0.15) is 5.75 Å². The predicted molar refractivity (Wildman–Crippen MR) is 62.2 cm³/mol. The first-order chi connectivity index (χ1) is 7.19. The van der Waals surface area contributed by atoms with Crippen LogP contribution in [-0.4, -0.2) is 13.7 Å². The molecule has 2 N–H and O–H groups in total. The van der Waals surface area contributed by atoms with Crippen LogP contribution in [0.15, 0.2) is 18.2 Å². The maximum absolute atomic E-state index is 5.79. The fraction of sp³-hybridized carbons (Fsp3) is 0.538. The predicted octanol–water partition coefficient (Wildman–Crippen LogP) is 2.29. The van der Waals surface area contributed by atoms with Gasteiger partial charge >= 0.3 is 0 Å². The molecular formula is C13H19NO. The molecular weight excluding hydrogens is 186 g/mol. The first-order valence-corrected chi connectivity index (χ1v) is 5.53. The Bertz CT molecular complexity index is 356. The Morgan fingerprint density at radius 2 is 2.13 bits per heavy atom. The molecule has 0 saturated heterocycles. The molecule has 0 amide bonds. The van der Waals surface area contributed by atoms with E-state index in [1.165, 1.54) is 24.0 Å². The molecule has 2 nitrogen and oxygen atoms in total. The lowest BCUT2D eigenvalue weighted by Gasteiger charge is -2.13. The van der Waals surface area contributed by atoms with E-state index in [4.69, 9.17) is 10.5 Å². The van der Waals surface area contributed by atoms with E-state index in [0.29, 0.717) is 5.41 Å². The van der Waals surface area contributed by atoms with Crippen molar-refractivity contribution in [3.8, 4) is 5.75 Å². The van der Waals surface area contributed by atoms with Crippen LogP contribution in [0.5, 0.6) is 5.75 Å². The number of aryl methyl sites for hydroxylation is 1. The van der Waals surface area contributed by atoms with Crippen molar-refractivity contribution in [1.82, 2.24) is 0 Å². The molecule has 2 rings (SSSR count). The molecule has 0 aliphatic heterocycles. The van der Waals surface area contributed by atoms with Crippen molar-refractivity contribution in [3.05, 3.63) is 29.3 Å². The smallest absolute Gasteiger partial charge is 0.122 e. The highest BCUT2D eigenvalue weighted by atomic mass is 16.5. The normalized spacial score (nSPS) is 17.5. The second-order valence-corrected chi connectivity index (χ2v) is 4.68. The van der Waals surface area contributed by atoms with Gasteiger partial charge in [-0.3, -0.25) is 0 Å². The zero-order valence-electron chi connectivity index (χ0n) is 9.55. The molecule has 15 heavy (non-hydrogen) atoms. The zero-order valence-corrected chi connectivity index (χ0v) is 9.55. The minimum Gasteiger partial charge on any atom is -0.496 e. The van der Waals surface area contributed by atoms with Gasteiger partial charge in [-0.05, 0) is 55.3 Å². The molecule has 0 spiro atoms. The first-order valence-electron chi connectivity index (χ1n) is 5.53. The molecule has 1 aromatic rings. The fourth-order valence-electron chi connectivity index (χ4n) is 2.04. The average Bonchev–Trinajstić information content (AvgIpc) is 3.02. The van der Waals surface area contributed by atoms with Crippen molar-refractivity contribution < 1.29 is 4.74 Å². The molecule has 0 unspecified atom stereocenters. The highest BCUT2D eigenvalue weighted by Gasteiger charge is 2.40. The Balaban J connectivity index is 2.15. The summed E-state index contributed by atoms with van der Waals surface area (Å²) in [6.07, 6.45) is 3.65. The molecule has 1 saturated carbocycles. The summed E-state index contributed by atoms with van der Waals surface area (Å²) in [6, 6.07) is 6.46. The van der Waals surface area contributed by atoms with Crippen LogP contribution in [0.2, 0.25) is 0 Å². The molecule has 0 heterocycles. The molecule has 1 fully saturated rings.